The zero-order chi connectivity index (χ0) is 39.3. The van der Waals surface area contributed by atoms with E-state index in [2.05, 4.69) is 31.6 Å². The number of rotatable bonds is 7. The number of likely N-dealkylation sites (tertiary alicyclic amines) is 1. The third-order valence-corrected chi connectivity index (χ3v) is 10.9. The van der Waals surface area contributed by atoms with Crippen molar-refractivity contribution < 1.29 is 23.0 Å². The van der Waals surface area contributed by atoms with Gasteiger partial charge in [-0.1, -0.05) is 55.8 Å². The number of halogens is 3. The number of amides is 1. The van der Waals surface area contributed by atoms with Gasteiger partial charge in [-0.2, -0.15) is 0 Å². The molecule has 2 aromatic carbocycles. The molecule has 8 rings (SSSR count). The van der Waals surface area contributed by atoms with Crippen LogP contribution in [-0.2, 0) is 30.0 Å². The SMILES string of the molecule is CC.COc1nc(-c2cccc(-c3cccc(Nc4nc(C(F)F)nc5c4c(=O)n(C)c(=O)n5C)c3C)c2Cl)cc2c1C(N1CC3(CNC(=O)CO3)C1)CC2. The van der Waals surface area contributed by atoms with Gasteiger partial charge in [0.05, 0.1) is 17.8 Å². The molecule has 13 nitrogen and oxygen atoms in total. The number of carbonyl (C=O) groups is 1. The van der Waals surface area contributed by atoms with Crippen LogP contribution in [-0.4, -0.2) is 73.8 Å². The van der Waals surface area contributed by atoms with Gasteiger partial charge < -0.3 is 20.1 Å². The lowest BCUT2D eigenvalue weighted by molar-refractivity contribution is -0.179. The van der Waals surface area contributed by atoms with Gasteiger partial charge in [-0.25, -0.2) is 28.5 Å². The van der Waals surface area contributed by atoms with Crippen LogP contribution in [0.1, 0.15) is 55.3 Å². The minimum atomic E-state index is -3.05. The van der Waals surface area contributed by atoms with E-state index in [9.17, 15) is 23.2 Å². The molecule has 16 heteroatoms. The highest BCUT2D eigenvalue weighted by atomic mass is 35.5. The molecule has 2 N–H and O–H groups in total. The summed E-state index contributed by atoms with van der Waals surface area (Å²) in [5, 5.41) is 6.34. The van der Waals surface area contributed by atoms with E-state index in [1.165, 1.54) is 14.1 Å². The number of nitrogens with zero attached hydrogens (tertiary/aromatic N) is 6. The fraction of sp³-hybridized carbons (Fsp3) is 0.385. The highest BCUT2D eigenvalue weighted by Gasteiger charge is 2.50. The Bertz CT molecular complexity index is 2450. The lowest BCUT2D eigenvalue weighted by Crippen LogP contribution is -2.70. The summed E-state index contributed by atoms with van der Waals surface area (Å²) >= 11 is 7.18. The maximum atomic E-state index is 13.9. The Kier molecular flexibility index (Phi) is 10.2. The summed E-state index contributed by atoms with van der Waals surface area (Å²) in [6, 6.07) is 13.3. The number of fused-ring (bicyclic) bond motifs is 2. The smallest absolute Gasteiger partial charge is 0.332 e. The van der Waals surface area contributed by atoms with Crippen LogP contribution in [0.5, 0.6) is 5.88 Å². The second-order valence-electron chi connectivity index (χ2n) is 13.7. The van der Waals surface area contributed by atoms with Crippen molar-refractivity contribution in [3.05, 3.63) is 90.8 Å². The van der Waals surface area contributed by atoms with Gasteiger partial charge >= 0.3 is 5.69 Å². The van der Waals surface area contributed by atoms with Crippen molar-refractivity contribution in [3.63, 3.8) is 0 Å². The van der Waals surface area contributed by atoms with Crippen LogP contribution in [0.25, 0.3) is 33.4 Å². The minimum absolute atomic E-state index is 0.0785. The molecular formula is C39H41ClF2N8O5. The third-order valence-electron chi connectivity index (χ3n) is 10.5. The molecule has 0 bridgehead atoms. The van der Waals surface area contributed by atoms with Gasteiger partial charge in [0.1, 0.15) is 23.4 Å². The number of ether oxygens (including phenoxy) is 2. The van der Waals surface area contributed by atoms with E-state index >= 15 is 0 Å². The van der Waals surface area contributed by atoms with Gasteiger partial charge in [-0.3, -0.25) is 23.6 Å². The summed E-state index contributed by atoms with van der Waals surface area (Å²) < 4.78 is 41.5. The number of morpholine rings is 1. The van der Waals surface area contributed by atoms with Crippen molar-refractivity contribution in [2.75, 3.05) is 38.7 Å². The van der Waals surface area contributed by atoms with Gasteiger partial charge in [-0.05, 0) is 48.6 Å². The highest BCUT2D eigenvalue weighted by molar-refractivity contribution is 6.36. The average molecular weight is 775 g/mol. The zero-order valence-corrected chi connectivity index (χ0v) is 32.1. The van der Waals surface area contributed by atoms with Crippen molar-refractivity contribution in [2.24, 2.45) is 14.1 Å². The average Bonchev–Trinajstić information content (AvgIpc) is 3.60. The second-order valence-corrected chi connectivity index (χ2v) is 14.1. The molecular weight excluding hydrogens is 734 g/mol. The Labute approximate surface area is 320 Å². The van der Waals surface area contributed by atoms with Crippen molar-refractivity contribution in [3.8, 4) is 28.3 Å². The molecule has 3 aromatic heterocycles. The van der Waals surface area contributed by atoms with E-state index < -0.39 is 23.5 Å². The molecule has 2 aliphatic heterocycles. The van der Waals surface area contributed by atoms with Gasteiger partial charge in [-0.15, -0.1) is 0 Å². The Hall–Kier alpha value is -5.25. The normalized spacial score (nSPS) is 17.4. The van der Waals surface area contributed by atoms with Crippen LogP contribution >= 0.6 is 11.6 Å². The number of pyridine rings is 1. The third kappa shape index (κ3) is 6.53. The van der Waals surface area contributed by atoms with Crippen LogP contribution in [0.3, 0.4) is 0 Å². The number of hydrogen-bond acceptors (Lipinski definition) is 10. The maximum Gasteiger partial charge on any atom is 0.332 e. The molecule has 0 radical (unpaired) electrons. The number of hydrogen-bond donors (Lipinski definition) is 2. The maximum absolute atomic E-state index is 13.9. The van der Waals surface area contributed by atoms with Gasteiger partial charge in [0, 0.05) is 62.1 Å². The molecule has 3 aliphatic rings. The fourth-order valence-corrected chi connectivity index (χ4v) is 8.05. The fourth-order valence-electron chi connectivity index (χ4n) is 7.73. The molecule has 1 spiro atoms. The molecule has 5 heterocycles. The number of aromatic nitrogens is 5. The molecule has 1 amide bonds. The molecule has 1 aliphatic carbocycles. The van der Waals surface area contributed by atoms with Crippen LogP contribution in [0.15, 0.2) is 52.1 Å². The highest BCUT2D eigenvalue weighted by Crippen LogP contribution is 2.47. The van der Waals surface area contributed by atoms with Gasteiger partial charge in [0.25, 0.3) is 12.0 Å². The summed E-state index contributed by atoms with van der Waals surface area (Å²) in [5.41, 5.74) is 4.19. The standard InChI is InChI=1S/C37H35ClF2N8O5.C2H6/c1-18-20(7-6-10-23(18)42-31-28-33(45-32(44-31)30(39)40)46(2)36(51)47(3)35(28)50)21-8-5-9-22(29(21)38)24-13-19-11-12-25(27(19)34(43-24)52-4)48-16-37(17-48)15-41-26(49)14-53-37;1-2/h5-10,13,25,30H,11-12,14-17H2,1-4H3,(H,41,49)(H,42,44,45);1-2H3. The van der Waals surface area contributed by atoms with Crippen molar-refractivity contribution in [1.29, 1.82) is 0 Å². The number of aryl methyl sites for hydroxylation is 2. The van der Waals surface area contributed by atoms with E-state index in [0.29, 0.717) is 58.6 Å². The Balaban J connectivity index is 0.00000229. The van der Waals surface area contributed by atoms with Gasteiger partial charge in [0.2, 0.25) is 11.8 Å². The number of carbonyl (C=O) groups excluding carboxylic acids is 1. The number of alkyl halides is 2. The van der Waals surface area contributed by atoms with Crippen LogP contribution < -0.4 is 26.6 Å². The van der Waals surface area contributed by atoms with E-state index in [-0.39, 0.29) is 41.0 Å². The molecule has 55 heavy (non-hydrogen) atoms. The number of benzene rings is 2. The Morgan fingerprint density at radius 1 is 1.02 bits per heavy atom. The molecule has 2 saturated heterocycles. The molecule has 5 aromatic rings. The van der Waals surface area contributed by atoms with E-state index in [0.717, 1.165) is 38.7 Å². The van der Waals surface area contributed by atoms with Crippen LogP contribution in [0.4, 0.5) is 20.3 Å². The van der Waals surface area contributed by atoms with Crippen molar-refractivity contribution >= 4 is 40.0 Å². The lowest BCUT2D eigenvalue weighted by atomic mass is 9.89. The molecule has 1 unspecified atom stereocenters. The molecule has 288 valence electrons. The van der Waals surface area contributed by atoms with Crippen LogP contribution in [0.2, 0.25) is 5.02 Å². The second kappa shape index (κ2) is 14.8. The first-order valence-corrected chi connectivity index (χ1v) is 18.4. The molecule has 2 fully saturated rings. The Morgan fingerprint density at radius 3 is 2.42 bits per heavy atom. The molecule has 1 atom stereocenters. The summed E-state index contributed by atoms with van der Waals surface area (Å²) in [4.78, 5) is 52.6. The minimum Gasteiger partial charge on any atom is -0.481 e. The summed E-state index contributed by atoms with van der Waals surface area (Å²) in [6.45, 7) is 7.84. The van der Waals surface area contributed by atoms with E-state index in [4.69, 9.17) is 26.1 Å². The first kappa shape index (κ1) is 38.0. The monoisotopic (exact) mass is 774 g/mol. The van der Waals surface area contributed by atoms with Crippen LogP contribution in [0, 0.1) is 6.92 Å². The molecule has 0 saturated carbocycles. The summed E-state index contributed by atoms with van der Waals surface area (Å²) in [5.74, 6) is -0.531. The van der Waals surface area contributed by atoms with E-state index in [1.807, 2.05) is 45.0 Å². The largest absolute Gasteiger partial charge is 0.481 e. The number of methoxy groups -OCH3 is 1. The zero-order valence-electron chi connectivity index (χ0n) is 31.3. The lowest BCUT2D eigenvalue weighted by Gasteiger charge is -2.53. The first-order chi connectivity index (χ1) is 26.4. The summed E-state index contributed by atoms with van der Waals surface area (Å²) in [6.07, 6.45) is -1.32. The quantitative estimate of drug-likeness (QED) is 0.214. The predicted octanol–water partition coefficient (Wildman–Crippen LogP) is 5.62. The number of anilines is 2. The number of nitrogens with one attached hydrogen (secondary N) is 2. The van der Waals surface area contributed by atoms with Gasteiger partial charge in [0.15, 0.2) is 11.5 Å². The Morgan fingerprint density at radius 2 is 1.73 bits per heavy atom. The predicted molar refractivity (Wildman–Crippen MR) is 205 cm³/mol. The van der Waals surface area contributed by atoms with E-state index in [1.54, 1.807) is 19.2 Å². The topological polar surface area (TPSA) is 146 Å². The van der Waals surface area contributed by atoms with Crippen molar-refractivity contribution in [1.82, 2.24) is 34.3 Å². The summed E-state index contributed by atoms with van der Waals surface area (Å²) in [7, 11) is 4.27. The van der Waals surface area contributed by atoms with Crippen molar-refractivity contribution in [2.45, 2.75) is 51.7 Å². The first-order valence-electron chi connectivity index (χ1n) is 18.0.